The van der Waals surface area contributed by atoms with Gasteiger partial charge in [0, 0.05) is 5.56 Å². The number of halogens is 1. The van der Waals surface area contributed by atoms with Gasteiger partial charge in [-0.2, -0.15) is 0 Å². The standard InChI is InChI=1S/C17H17FO3/c1-11(19)12-6-7-17(15(18)8-12)21-10-13-9-20-16-5-3-2-4-14(13)16/h2-8,11,13,19H,9-10H2,1H3. The second-order valence-corrected chi connectivity index (χ2v) is 5.22. The quantitative estimate of drug-likeness (QED) is 0.936. The lowest BCUT2D eigenvalue weighted by molar-refractivity contribution is 0.198. The number of fused-ring (bicyclic) bond motifs is 1. The number of aliphatic hydroxyl groups is 1. The average Bonchev–Trinajstić information content (AvgIpc) is 2.89. The first-order chi connectivity index (χ1) is 10.1. The average molecular weight is 288 g/mol. The van der Waals surface area contributed by atoms with Crippen molar-refractivity contribution in [3.63, 3.8) is 0 Å². The molecule has 1 N–H and O–H groups in total. The SMILES string of the molecule is CC(O)c1ccc(OCC2COc3ccccc32)c(F)c1. The van der Waals surface area contributed by atoms with Crippen LogP contribution in [0.15, 0.2) is 42.5 Å². The Morgan fingerprint density at radius 3 is 2.90 bits per heavy atom. The highest BCUT2D eigenvalue weighted by Gasteiger charge is 2.24. The van der Waals surface area contributed by atoms with E-state index < -0.39 is 11.9 Å². The summed E-state index contributed by atoms with van der Waals surface area (Å²) in [4.78, 5) is 0. The molecule has 110 valence electrons. The molecule has 0 radical (unpaired) electrons. The molecule has 2 aromatic carbocycles. The lowest BCUT2D eigenvalue weighted by atomic mass is 10.0. The van der Waals surface area contributed by atoms with Gasteiger partial charge < -0.3 is 14.6 Å². The van der Waals surface area contributed by atoms with Crippen molar-refractivity contribution in [2.45, 2.75) is 18.9 Å². The Morgan fingerprint density at radius 2 is 2.14 bits per heavy atom. The normalized spacial score (nSPS) is 18.0. The van der Waals surface area contributed by atoms with Crippen molar-refractivity contribution in [3.8, 4) is 11.5 Å². The molecule has 0 amide bonds. The summed E-state index contributed by atoms with van der Waals surface area (Å²) in [5.74, 6) is 0.720. The van der Waals surface area contributed by atoms with Crippen LogP contribution in [-0.2, 0) is 0 Å². The van der Waals surface area contributed by atoms with E-state index in [4.69, 9.17) is 9.47 Å². The molecule has 0 saturated carbocycles. The highest BCUT2D eigenvalue weighted by molar-refractivity contribution is 5.40. The van der Waals surface area contributed by atoms with E-state index in [1.165, 1.54) is 6.07 Å². The topological polar surface area (TPSA) is 38.7 Å². The molecule has 3 nitrogen and oxygen atoms in total. The van der Waals surface area contributed by atoms with Crippen LogP contribution in [0.3, 0.4) is 0 Å². The molecule has 0 aliphatic carbocycles. The van der Waals surface area contributed by atoms with Crippen LogP contribution < -0.4 is 9.47 Å². The van der Waals surface area contributed by atoms with Gasteiger partial charge in [-0.25, -0.2) is 4.39 Å². The van der Waals surface area contributed by atoms with E-state index in [2.05, 4.69) is 0 Å². The maximum atomic E-state index is 13.9. The van der Waals surface area contributed by atoms with Crippen LogP contribution in [-0.4, -0.2) is 18.3 Å². The first-order valence-electron chi connectivity index (χ1n) is 6.97. The molecule has 0 fully saturated rings. The summed E-state index contributed by atoms with van der Waals surface area (Å²) in [6.45, 7) is 2.51. The van der Waals surface area contributed by atoms with Gasteiger partial charge in [0.2, 0.25) is 0 Å². The first-order valence-corrected chi connectivity index (χ1v) is 6.97. The number of hydrogen-bond donors (Lipinski definition) is 1. The van der Waals surface area contributed by atoms with Gasteiger partial charge in [0.15, 0.2) is 11.6 Å². The molecule has 21 heavy (non-hydrogen) atoms. The molecule has 4 heteroatoms. The van der Waals surface area contributed by atoms with Gasteiger partial charge in [0.05, 0.1) is 25.2 Å². The monoisotopic (exact) mass is 288 g/mol. The molecule has 3 rings (SSSR count). The highest BCUT2D eigenvalue weighted by Crippen LogP contribution is 2.34. The van der Waals surface area contributed by atoms with E-state index in [0.717, 1.165) is 11.3 Å². The Kier molecular flexibility index (Phi) is 3.80. The molecular weight excluding hydrogens is 271 g/mol. The molecular formula is C17H17FO3. The van der Waals surface area contributed by atoms with E-state index in [1.807, 2.05) is 24.3 Å². The van der Waals surface area contributed by atoms with Crippen LogP contribution in [0.4, 0.5) is 4.39 Å². The zero-order valence-corrected chi connectivity index (χ0v) is 11.8. The van der Waals surface area contributed by atoms with Crippen LogP contribution in [0.25, 0.3) is 0 Å². The molecule has 2 atom stereocenters. The van der Waals surface area contributed by atoms with Crippen LogP contribution in [0.2, 0.25) is 0 Å². The lowest BCUT2D eigenvalue weighted by Gasteiger charge is -2.13. The number of rotatable bonds is 4. The van der Waals surface area contributed by atoms with Gasteiger partial charge >= 0.3 is 0 Å². The van der Waals surface area contributed by atoms with Gasteiger partial charge in [-0.05, 0) is 30.7 Å². The minimum Gasteiger partial charge on any atom is -0.493 e. The molecule has 0 aromatic heterocycles. The van der Waals surface area contributed by atoms with E-state index in [9.17, 15) is 9.50 Å². The number of aliphatic hydroxyl groups excluding tert-OH is 1. The van der Waals surface area contributed by atoms with E-state index in [-0.39, 0.29) is 11.7 Å². The lowest BCUT2D eigenvalue weighted by Crippen LogP contribution is -2.12. The zero-order chi connectivity index (χ0) is 14.8. The molecule has 2 aromatic rings. The fourth-order valence-corrected chi connectivity index (χ4v) is 2.45. The summed E-state index contributed by atoms with van der Waals surface area (Å²) >= 11 is 0. The highest BCUT2D eigenvalue weighted by atomic mass is 19.1. The largest absolute Gasteiger partial charge is 0.493 e. The van der Waals surface area contributed by atoms with Gasteiger partial charge in [0.25, 0.3) is 0 Å². The minimum absolute atomic E-state index is 0.108. The van der Waals surface area contributed by atoms with Crippen molar-refractivity contribution in [2.75, 3.05) is 13.2 Å². The van der Waals surface area contributed by atoms with Crippen LogP contribution in [0.5, 0.6) is 11.5 Å². The first kappa shape index (κ1) is 13.9. The number of ether oxygens (including phenoxy) is 2. The zero-order valence-electron chi connectivity index (χ0n) is 11.8. The smallest absolute Gasteiger partial charge is 0.165 e. The van der Waals surface area contributed by atoms with Gasteiger partial charge in [0.1, 0.15) is 5.75 Å². The van der Waals surface area contributed by atoms with Crippen molar-refractivity contribution in [1.82, 2.24) is 0 Å². The Morgan fingerprint density at radius 1 is 1.33 bits per heavy atom. The van der Waals surface area contributed by atoms with Crippen LogP contribution in [0, 0.1) is 5.82 Å². The third-order valence-corrected chi connectivity index (χ3v) is 3.68. The molecule has 1 heterocycles. The molecule has 1 aliphatic rings. The van der Waals surface area contributed by atoms with E-state index in [1.54, 1.807) is 19.1 Å². The summed E-state index contributed by atoms with van der Waals surface area (Å²) in [5.41, 5.74) is 1.63. The fraction of sp³-hybridized carbons (Fsp3) is 0.294. The molecule has 0 saturated heterocycles. The number of hydrogen-bond acceptors (Lipinski definition) is 3. The Labute approximate surface area is 122 Å². The second kappa shape index (κ2) is 5.74. The van der Waals surface area contributed by atoms with Gasteiger partial charge in [-0.15, -0.1) is 0 Å². The summed E-state index contributed by atoms with van der Waals surface area (Å²) < 4.78 is 25.1. The maximum Gasteiger partial charge on any atom is 0.165 e. The predicted octanol–water partition coefficient (Wildman–Crippen LogP) is 3.43. The molecule has 0 spiro atoms. The van der Waals surface area contributed by atoms with Crippen molar-refractivity contribution in [1.29, 1.82) is 0 Å². The van der Waals surface area contributed by atoms with E-state index >= 15 is 0 Å². The number of para-hydroxylation sites is 1. The van der Waals surface area contributed by atoms with Crippen molar-refractivity contribution < 1.29 is 19.0 Å². The van der Waals surface area contributed by atoms with E-state index in [0.29, 0.717) is 18.8 Å². The Balaban J connectivity index is 1.69. The van der Waals surface area contributed by atoms with Gasteiger partial charge in [-0.3, -0.25) is 0 Å². The van der Waals surface area contributed by atoms with Crippen molar-refractivity contribution in [2.24, 2.45) is 0 Å². The molecule has 0 bridgehead atoms. The molecule has 2 unspecified atom stereocenters. The summed E-state index contributed by atoms with van der Waals surface area (Å²) in [6, 6.07) is 12.3. The summed E-state index contributed by atoms with van der Waals surface area (Å²) in [7, 11) is 0. The maximum absolute atomic E-state index is 13.9. The number of benzene rings is 2. The predicted molar refractivity (Wildman–Crippen MR) is 77.2 cm³/mol. The van der Waals surface area contributed by atoms with Crippen LogP contribution in [0.1, 0.15) is 30.1 Å². The Hall–Kier alpha value is -2.07. The van der Waals surface area contributed by atoms with Gasteiger partial charge in [-0.1, -0.05) is 24.3 Å². The Bertz CT molecular complexity index is 640. The minimum atomic E-state index is -0.691. The third kappa shape index (κ3) is 2.85. The molecule has 1 aliphatic heterocycles. The summed E-state index contributed by atoms with van der Waals surface area (Å²) in [6.07, 6.45) is -0.691. The summed E-state index contributed by atoms with van der Waals surface area (Å²) in [5, 5.41) is 9.43. The van der Waals surface area contributed by atoms with Crippen molar-refractivity contribution in [3.05, 3.63) is 59.4 Å². The second-order valence-electron chi connectivity index (χ2n) is 5.22. The van der Waals surface area contributed by atoms with Crippen molar-refractivity contribution >= 4 is 0 Å². The third-order valence-electron chi connectivity index (χ3n) is 3.68. The fourth-order valence-electron chi connectivity index (χ4n) is 2.45. The van der Waals surface area contributed by atoms with Crippen LogP contribution >= 0.6 is 0 Å².